The molecule has 0 aliphatic heterocycles. The normalized spacial score (nSPS) is 11.3. The first-order chi connectivity index (χ1) is 9.04. The van der Waals surface area contributed by atoms with Gasteiger partial charge in [-0.1, -0.05) is 31.0 Å². The Balaban J connectivity index is 2.61. The van der Waals surface area contributed by atoms with Crippen LogP contribution in [0.25, 0.3) is 0 Å². The van der Waals surface area contributed by atoms with E-state index in [2.05, 4.69) is 54.8 Å². The molecule has 0 aliphatic carbocycles. The second kappa shape index (κ2) is 7.89. The first kappa shape index (κ1) is 15.6. The average Bonchev–Trinajstić information content (AvgIpc) is 2.39. The lowest BCUT2D eigenvalue weighted by Crippen LogP contribution is -2.33. The highest BCUT2D eigenvalue weighted by molar-refractivity contribution is 7.80. The summed E-state index contributed by atoms with van der Waals surface area (Å²) >= 11 is 5.17. The van der Waals surface area contributed by atoms with Gasteiger partial charge in [0.1, 0.15) is 0 Å². The van der Waals surface area contributed by atoms with E-state index in [4.69, 9.17) is 12.2 Å². The zero-order chi connectivity index (χ0) is 14.3. The fraction of sp³-hybridized carbons (Fsp3) is 0.467. The maximum atomic E-state index is 5.17. The van der Waals surface area contributed by atoms with Gasteiger partial charge in [-0.15, -0.1) is 0 Å². The fourth-order valence-electron chi connectivity index (χ4n) is 1.74. The van der Waals surface area contributed by atoms with Crippen molar-refractivity contribution in [3.63, 3.8) is 0 Å². The van der Waals surface area contributed by atoms with Crippen LogP contribution < -0.4 is 10.7 Å². The molecule has 0 radical (unpaired) electrons. The van der Waals surface area contributed by atoms with Gasteiger partial charge in [-0.2, -0.15) is 5.10 Å². The molecule has 104 valence electrons. The Morgan fingerprint density at radius 1 is 1.32 bits per heavy atom. The summed E-state index contributed by atoms with van der Waals surface area (Å²) in [5.74, 6) is 0. The number of nitrogens with zero attached hydrogens (tertiary/aromatic N) is 1. The van der Waals surface area contributed by atoms with Crippen molar-refractivity contribution in [3.8, 4) is 0 Å². The number of thiocarbonyl (C=S) groups is 1. The number of hydrogen-bond donors (Lipinski definition) is 2. The van der Waals surface area contributed by atoms with Gasteiger partial charge in [-0.25, -0.2) is 0 Å². The Bertz CT molecular complexity index is 466. The number of nitrogens with one attached hydrogen (secondary N) is 2. The molecule has 0 unspecified atom stereocenters. The Morgan fingerprint density at radius 3 is 2.74 bits per heavy atom. The first-order valence-electron chi connectivity index (χ1n) is 6.70. The van der Waals surface area contributed by atoms with E-state index in [0.717, 1.165) is 30.7 Å². The highest BCUT2D eigenvalue weighted by Crippen LogP contribution is 2.11. The maximum absolute atomic E-state index is 5.17. The van der Waals surface area contributed by atoms with Crippen molar-refractivity contribution in [2.75, 3.05) is 6.54 Å². The van der Waals surface area contributed by atoms with E-state index in [1.165, 1.54) is 11.1 Å². The van der Waals surface area contributed by atoms with E-state index >= 15 is 0 Å². The van der Waals surface area contributed by atoms with Gasteiger partial charge in [-0.05, 0) is 51.0 Å². The van der Waals surface area contributed by atoms with Crippen LogP contribution in [0.1, 0.15) is 43.4 Å². The van der Waals surface area contributed by atoms with Crippen molar-refractivity contribution in [3.05, 3.63) is 34.9 Å². The summed E-state index contributed by atoms with van der Waals surface area (Å²) in [6.45, 7) is 9.21. The quantitative estimate of drug-likeness (QED) is 0.375. The molecule has 0 aromatic heterocycles. The van der Waals surface area contributed by atoms with E-state index < -0.39 is 0 Å². The number of hydrogen-bond acceptors (Lipinski definition) is 2. The standard InChI is InChI=1S/C15H23N3S/c1-5-6-9-16-15(19)18-17-13(4)14-10-11(2)7-8-12(14)3/h7-8,10H,5-6,9H2,1-4H3,(H2,16,18,19)/b17-13-. The van der Waals surface area contributed by atoms with E-state index in [9.17, 15) is 0 Å². The van der Waals surface area contributed by atoms with Gasteiger partial charge < -0.3 is 5.32 Å². The van der Waals surface area contributed by atoms with Gasteiger partial charge in [-0.3, -0.25) is 5.43 Å². The Morgan fingerprint density at radius 2 is 2.05 bits per heavy atom. The molecule has 0 saturated heterocycles. The number of benzene rings is 1. The molecule has 1 aromatic carbocycles. The molecule has 0 saturated carbocycles. The molecule has 0 bridgehead atoms. The van der Waals surface area contributed by atoms with E-state index in [-0.39, 0.29) is 0 Å². The molecule has 2 N–H and O–H groups in total. The van der Waals surface area contributed by atoms with E-state index in [0.29, 0.717) is 5.11 Å². The summed E-state index contributed by atoms with van der Waals surface area (Å²) in [6.07, 6.45) is 2.27. The molecule has 1 rings (SSSR count). The highest BCUT2D eigenvalue weighted by Gasteiger charge is 2.02. The van der Waals surface area contributed by atoms with Gasteiger partial charge in [0.2, 0.25) is 0 Å². The van der Waals surface area contributed by atoms with Crippen molar-refractivity contribution in [1.29, 1.82) is 0 Å². The predicted molar refractivity (Wildman–Crippen MR) is 86.8 cm³/mol. The lowest BCUT2D eigenvalue weighted by atomic mass is 10.0. The largest absolute Gasteiger partial charge is 0.361 e. The van der Waals surface area contributed by atoms with Crippen LogP contribution in [0.15, 0.2) is 23.3 Å². The number of rotatable bonds is 5. The third kappa shape index (κ3) is 5.39. The van der Waals surface area contributed by atoms with Gasteiger partial charge in [0.05, 0.1) is 5.71 Å². The van der Waals surface area contributed by atoms with Crippen LogP contribution >= 0.6 is 12.2 Å². The van der Waals surface area contributed by atoms with Gasteiger partial charge in [0.25, 0.3) is 0 Å². The Kier molecular flexibility index (Phi) is 6.50. The molecule has 3 nitrogen and oxygen atoms in total. The Hall–Kier alpha value is -1.42. The summed E-state index contributed by atoms with van der Waals surface area (Å²) in [7, 11) is 0. The molecule has 0 fully saturated rings. The molecular weight excluding hydrogens is 254 g/mol. The smallest absolute Gasteiger partial charge is 0.186 e. The SMILES string of the molecule is CCCCNC(=S)N/N=C(/C)c1cc(C)ccc1C. The molecule has 19 heavy (non-hydrogen) atoms. The number of hydrazone groups is 1. The number of aryl methyl sites for hydroxylation is 2. The summed E-state index contributed by atoms with van der Waals surface area (Å²) in [4.78, 5) is 0. The van der Waals surface area contributed by atoms with Crippen LogP contribution in [0.4, 0.5) is 0 Å². The van der Waals surface area contributed by atoms with Crippen molar-refractivity contribution in [1.82, 2.24) is 10.7 Å². The maximum Gasteiger partial charge on any atom is 0.186 e. The van der Waals surface area contributed by atoms with Crippen molar-refractivity contribution < 1.29 is 0 Å². The zero-order valence-corrected chi connectivity index (χ0v) is 13.0. The third-order valence-corrected chi connectivity index (χ3v) is 3.16. The van der Waals surface area contributed by atoms with E-state index in [1.807, 2.05) is 6.92 Å². The van der Waals surface area contributed by atoms with Crippen molar-refractivity contribution in [2.45, 2.75) is 40.5 Å². The minimum absolute atomic E-state index is 0.582. The fourth-order valence-corrected chi connectivity index (χ4v) is 1.89. The molecule has 4 heteroatoms. The van der Waals surface area contributed by atoms with Crippen LogP contribution in [0, 0.1) is 13.8 Å². The van der Waals surface area contributed by atoms with Crippen molar-refractivity contribution in [2.24, 2.45) is 5.10 Å². The molecular formula is C15H23N3S. The van der Waals surface area contributed by atoms with E-state index in [1.54, 1.807) is 0 Å². The predicted octanol–water partition coefficient (Wildman–Crippen LogP) is 3.29. The minimum atomic E-state index is 0.582. The Labute approximate surface area is 121 Å². The molecule has 1 aromatic rings. The lowest BCUT2D eigenvalue weighted by molar-refractivity contribution is 0.745. The molecule has 0 heterocycles. The van der Waals surface area contributed by atoms with Crippen LogP contribution in [-0.4, -0.2) is 17.4 Å². The molecule has 0 atom stereocenters. The minimum Gasteiger partial charge on any atom is -0.361 e. The summed E-state index contributed by atoms with van der Waals surface area (Å²) < 4.78 is 0. The van der Waals surface area contributed by atoms with Crippen LogP contribution in [-0.2, 0) is 0 Å². The van der Waals surface area contributed by atoms with Gasteiger partial charge in [0, 0.05) is 12.1 Å². The second-order valence-corrected chi connectivity index (χ2v) is 5.15. The average molecular weight is 277 g/mol. The zero-order valence-electron chi connectivity index (χ0n) is 12.2. The van der Waals surface area contributed by atoms with Crippen LogP contribution in [0.3, 0.4) is 0 Å². The second-order valence-electron chi connectivity index (χ2n) is 4.74. The topological polar surface area (TPSA) is 36.4 Å². The van der Waals surface area contributed by atoms with Gasteiger partial charge in [0.15, 0.2) is 5.11 Å². The molecule has 0 aliphatic rings. The van der Waals surface area contributed by atoms with Gasteiger partial charge >= 0.3 is 0 Å². The third-order valence-electron chi connectivity index (χ3n) is 2.92. The van der Waals surface area contributed by atoms with Crippen LogP contribution in [0.2, 0.25) is 0 Å². The molecule has 0 spiro atoms. The lowest BCUT2D eigenvalue weighted by Gasteiger charge is -2.09. The monoisotopic (exact) mass is 277 g/mol. The molecule has 0 amide bonds. The number of unbranched alkanes of at least 4 members (excludes halogenated alkanes) is 1. The first-order valence-corrected chi connectivity index (χ1v) is 7.11. The highest BCUT2D eigenvalue weighted by atomic mass is 32.1. The van der Waals surface area contributed by atoms with Crippen LogP contribution in [0.5, 0.6) is 0 Å². The summed E-state index contributed by atoms with van der Waals surface area (Å²) in [6, 6.07) is 6.36. The van der Waals surface area contributed by atoms with Crippen molar-refractivity contribution >= 4 is 23.0 Å². The summed E-state index contributed by atoms with van der Waals surface area (Å²) in [5.41, 5.74) is 7.45. The summed E-state index contributed by atoms with van der Waals surface area (Å²) in [5, 5.41) is 8.05.